The van der Waals surface area contributed by atoms with Crippen molar-refractivity contribution in [3.8, 4) is 0 Å². The average Bonchev–Trinajstić information content (AvgIpc) is 2.71. The number of rotatable bonds is 6. The highest BCUT2D eigenvalue weighted by atomic mass is 16.2. The Labute approximate surface area is 172 Å². The lowest BCUT2D eigenvalue weighted by atomic mass is 9.84. The summed E-state index contributed by atoms with van der Waals surface area (Å²) in [6.07, 6.45) is 12.0. The van der Waals surface area contributed by atoms with Crippen LogP contribution in [0.2, 0.25) is 0 Å². The Balaban J connectivity index is 1.35. The fraction of sp³-hybridized carbons (Fsp3) is 0.714. The van der Waals surface area contributed by atoms with Gasteiger partial charge in [0.05, 0.1) is 5.56 Å². The molecule has 0 radical (unpaired) electrons. The van der Waals surface area contributed by atoms with Gasteiger partial charge in [0.2, 0.25) is 11.9 Å². The summed E-state index contributed by atoms with van der Waals surface area (Å²) in [5.41, 5.74) is 5.84. The third kappa shape index (κ3) is 4.79. The molecule has 8 heteroatoms. The van der Waals surface area contributed by atoms with E-state index in [0.29, 0.717) is 29.3 Å². The highest BCUT2D eigenvalue weighted by Crippen LogP contribution is 2.30. The molecular formula is C21H32N6O2. The van der Waals surface area contributed by atoms with Gasteiger partial charge in [0.25, 0.3) is 5.91 Å². The van der Waals surface area contributed by atoms with Crippen molar-refractivity contribution in [2.45, 2.75) is 76.3 Å². The molecule has 0 atom stereocenters. The molecule has 1 aliphatic heterocycles. The first-order chi connectivity index (χ1) is 14.1. The van der Waals surface area contributed by atoms with E-state index in [4.69, 9.17) is 5.73 Å². The molecular weight excluding hydrogens is 368 g/mol. The number of primary amides is 1. The molecule has 2 heterocycles. The summed E-state index contributed by atoms with van der Waals surface area (Å²) < 4.78 is 0. The van der Waals surface area contributed by atoms with E-state index >= 15 is 0 Å². The number of nitrogens with one attached hydrogen (secondary N) is 2. The lowest BCUT2D eigenvalue weighted by Crippen LogP contribution is -2.42. The van der Waals surface area contributed by atoms with Crippen molar-refractivity contribution in [3.05, 3.63) is 11.8 Å². The van der Waals surface area contributed by atoms with Gasteiger partial charge in [0.15, 0.2) is 0 Å². The van der Waals surface area contributed by atoms with Crippen LogP contribution in [0.25, 0.3) is 0 Å². The predicted octanol–water partition coefficient (Wildman–Crippen LogP) is 2.52. The van der Waals surface area contributed by atoms with Crippen molar-refractivity contribution in [2.24, 2.45) is 11.7 Å². The third-order valence-electron chi connectivity index (χ3n) is 6.58. The Morgan fingerprint density at radius 2 is 1.62 bits per heavy atom. The van der Waals surface area contributed by atoms with Crippen LogP contribution in [-0.2, 0) is 4.79 Å². The van der Waals surface area contributed by atoms with Gasteiger partial charge in [-0.05, 0) is 64.2 Å². The number of hydrogen-bond donors (Lipinski definition) is 3. The number of piperidine rings is 1. The van der Waals surface area contributed by atoms with Crippen molar-refractivity contribution in [1.29, 1.82) is 0 Å². The summed E-state index contributed by atoms with van der Waals surface area (Å²) in [6.45, 7) is 1.83. The molecule has 4 N–H and O–H groups in total. The van der Waals surface area contributed by atoms with Crippen LogP contribution in [0.4, 0.5) is 11.8 Å². The number of nitrogens with zero attached hydrogens (tertiary/aromatic N) is 3. The molecule has 1 saturated heterocycles. The van der Waals surface area contributed by atoms with Crippen molar-refractivity contribution in [1.82, 2.24) is 14.9 Å². The highest BCUT2D eigenvalue weighted by molar-refractivity contribution is 5.97. The minimum absolute atomic E-state index is 0.128. The summed E-state index contributed by atoms with van der Waals surface area (Å²) in [6, 6.07) is 0.600. The average molecular weight is 401 g/mol. The molecule has 4 rings (SSSR count). The fourth-order valence-electron chi connectivity index (χ4n) is 4.53. The Kier molecular flexibility index (Phi) is 6.16. The lowest BCUT2D eigenvalue weighted by Gasteiger charge is -2.34. The van der Waals surface area contributed by atoms with Gasteiger partial charge in [-0.3, -0.25) is 9.59 Å². The Bertz CT molecular complexity index is 737. The first-order valence-corrected chi connectivity index (χ1v) is 11.1. The van der Waals surface area contributed by atoms with Gasteiger partial charge in [0, 0.05) is 37.3 Å². The maximum absolute atomic E-state index is 12.8. The Morgan fingerprint density at radius 1 is 0.931 bits per heavy atom. The second-order valence-electron chi connectivity index (χ2n) is 8.67. The standard InChI is InChI=1S/C21H32N6O2/c22-18(28)17-13-23-21(25-15-5-4-6-15)26-19(17)24-16-9-7-14(8-10-16)20(29)27-11-2-1-3-12-27/h13-16H,1-12H2,(H2,22,28)(H2,23,24,25,26)/t14-,16-. The second kappa shape index (κ2) is 8.97. The van der Waals surface area contributed by atoms with Crippen molar-refractivity contribution >= 4 is 23.6 Å². The largest absolute Gasteiger partial charge is 0.367 e. The molecule has 3 fully saturated rings. The summed E-state index contributed by atoms with van der Waals surface area (Å²) in [5.74, 6) is 0.964. The normalized spacial score (nSPS) is 25.2. The second-order valence-corrected chi connectivity index (χ2v) is 8.67. The minimum Gasteiger partial charge on any atom is -0.367 e. The van der Waals surface area contributed by atoms with Crippen LogP contribution in [0.3, 0.4) is 0 Å². The van der Waals surface area contributed by atoms with Gasteiger partial charge in [0.1, 0.15) is 5.82 Å². The van der Waals surface area contributed by atoms with Crippen LogP contribution in [-0.4, -0.2) is 51.9 Å². The number of anilines is 2. The summed E-state index contributed by atoms with van der Waals surface area (Å²) in [5, 5.41) is 6.72. The number of amides is 2. The predicted molar refractivity (Wildman–Crippen MR) is 112 cm³/mol. The van der Waals surface area contributed by atoms with E-state index in [9.17, 15) is 9.59 Å². The third-order valence-corrected chi connectivity index (χ3v) is 6.58. The first kappa shape index (κ1) is 19.9. The maximum Gasteiger partial charge on any atom is 0.254 e. The van der Waals surface area contributed by atoms with Gasteiger partial charge in [-0.2, -0.15) is 4.98 Å². The zero-order valence-corrected chi connectivity index (χ0v) is 17.0. The number of carbonyl (C=O) groups excluding carboxylic acids is 2. The molecule has 29 heavy (non-hydrogen) atoms. The monoisotopic (exact) mass is 400 g/mol. The molecule has 0 bridgehead atoms. The number of hydrogen-bond acceptors (Lipinski definition) is 6. The SMILES string of the molecule is NC(=O)c1cnc(NC2CCC2)nc1N[C@H]1CC[C@H](C(=O)N2CCCCC2)CC1. The quantitative estimate of drug-likeness (QED) is 0.676. The van der Waals surface area contributed by atoms with Crippen LogP contribution < -0.4 is 16.4 Å². The van der Waals surface area contributed by atoms with Crippen LogP contribution in [0.5, 0.6) is 0 Å². The van der Waals surface area contributed by atoms with Crippen molar-refractivity contribution in [3.63, 3.8) is 0 Å². The number of nitrogens with two attached hydrogens (primary N) is 1. The van der Waals surface area contributed by atoms with Gasteiger partial charge in [-0.1, -0.05) is 0 Å². The van der Waals surface area contributed by atoms with E-state index in [-0.39, 0.29) is 12.0 Å². The maximum atomic E-state index is 12.8. The van der Waals surface area contributed by atoms with Crippen LogP contribution >= 0.6 is 0 Å². The van der Waals surface area contributed by atoms with E-state index in [1.54, 1.807) is 0 Å². The van der Waals surface area contributed by atoms with Crippen molar-refractivity contribution in [2.75, 3.05) is 23.7 Å². The molecule has 2 saturated carbocycles. The van der Waals surface area contributed by atoms with E-state index in [1.165, 1.54) is 19.0 Å². The van der Waals surface area contributed by atoms with E-state index in [1.807, 2.05) is 0 Å². The molecule has 2 amide bonds. The van der Waals surface area contributed by atoms with Gasteiger partial charge >= 0.3 is 0 Å². The number of aromatic nitrogens is 2. The number of likely N-dealkylation sites (tertiary alicyclic amines) is 1. The molecule has 0 unspecified atom stereocenters. The van der Waals surface area contributed by atoms with Crippen LogP contribution in [0, 0.1) is 5.92 Å². The molecule has 2 aliphatic carbocycles. The molecule has 8 nitrogen and oxygen atoms in total. The summed E-state index contributed by atoms with van der Waals surface area (Å²) in [7, 11) is 0. The zero-order chi connectivity index (χ0) is 20.2. The lowest BCUT2D eigenvalue weighted by molar-refractivity contribution is -0.137. The summed E-state index contributed by atoms with van der Waals surface area (Å²) >= 11 is 0. The number of carbonyl (C=O) groups is 2. The summed E-state index contributed by atoms with van der Waals surface area (Å²) in [4.78, 5) is 35.4. The van der Waals surface area contributed by atoms with E-state index in [0.717, 1.165) is 64.5 Å². The Morgan fingerprint density at radius 3 is 2.24 bits per heavy atom. The molecule has 0 aromatic carbocycles. The molecule has 3 aliphatic rings. The van der Waals surface area contributed by atoms with Gasteiger partial charge < -0.3 is 21.3 Å². The van der Waals surface area contributed by atoms with Crippen LogP contribution in [0.1, 0.15) is 74.6 Å². The van der Waals surface area contributed by atoms with Crippen LogP contribution in [0.15, 0.2) is 6.20 Å². The Hall–Kier alpha value is -2.38. The topological polar surface area (TPSA) is 113 Å². The molecule has 1 aromatic heterocycles. The minimum atomic E-state index is -0.531. The fourth-order valence-corrected chi connectivity index (χ4v) is 4.53. The van der Waals surface area contributed by atoms with Gasteiger partial charge in [-0.25, -0.2) is 4.98 Å². The zero-order valence-electron chi connectivity index (χ0n) is 17.0. The van der Waals surface area contributed by atoms with E-state index in [2.05, 4.69) is 25.5 Å². The smallest absolute Gasteiger partial charge is 0.254 e. The van der Waals surface area contributed by atoms with Gasteiger partial charge in [-0.15, -0.1) is 0 Å². The molecule has 1 aromatic rings. The first-order valence-electron chi connectivity index (χ1n) is 11.1. The highest BCUT2D eigenvalue weighted by Gasteiger charge is 2.30. The van der Waals surface area contributed by atoms with Crippen molar-refractivity contribution < 1.29 is 9.59 Å². The molecule has 158 valence electrons. The van der Waals surface area contributed by atoms with E-state index < -0.39 is 5.91 Å². The molecule has 0 spiro atoms.